The van der Waals surface area contributed by atoms with Crippen molar-refractivity contribution in [2.45, 2.75) is 37.0 Å². The SMILES string of the molecule is COc1ccc(S(=O)(=O)N2CCOCC2)c(CN[S+]([O-])C(C)(C)C)c1F. The molecule has 1 aromatic rings. The van der Waals surface area contributed by atoms with E-state index in [1.54, 1.807) is 20.8 Å². The van der Waals surface area contributed by atoms with E-state index in [1.165, 1.54) is 23.5 Å². The Morgan fingerprint density at radius 3 is 2.50 bits per heavy atom. The number of benzene rings is 1. The lowest BCUT2D eigenvalue weighted by Gasteiger charge is -2.28. The van der Waals surface area contributed by atoms with E-state index in [9.17, 15) is 17.4 Å². The smallest absolute Gasteiger partial charge is 0.243 e. The fraction of sp³-hybridized carbons (Fsp3) is 0.625. The summed E-state index contributed by atoms with van der Waals surface area (Å²) in [7, 11) is -2.60. The van der Waals surface area contributed by atoms with Gasteiger partial charge < -0.3 is 14.0 Å². The van der Waals surface area contributed by atoms with E-state index in [-0.39, 0.29) is 35.8 Å². The summed E-state index contributed by atoms with van der Waals surface area (Å²) in [5.41, 5.74) is -0.0894. The second-order valence-corrected chi connectivity index (χ2v) is 10.7. The molecule has 1 fully saturated rings. The van der Waals surface area contributed by atoms with Crippen LogP contribution < -0.4 is 9.46 Å². The van der Waals surface area contributed by atoms with E-state index in [0.29, 0.717) is 13.2 Å². The van der Waals surface area contributed by atoms with Crippen LogP contribution in [0.1, 0.15) is 26.3 Å². The van der Waals surface area contributed by atoms with Crippen LogP contribution in [-0.4, -0.2) is 55.4 Å². The second-order valence-electron chi connectivity index (χ2n) is 6.78. The number of morpholine rings is 1. The summed E-state index contributed by atoms with van der Waals surface area (Å²) in [6.07, 6.45) is 0. The molecular weight excluding hydrogens is 383 g/mol. The van der Waals surface area contributed by atoms with Crippen molar-refractivity contribution < 1.29 is 26.8 Å². The predicted molar refractivity (Wildman–Crippen MR) is 97.3 cm³/mol. The first-order chi connectivity index (χ1) is 12.1. The molecule has 7 nitrogen and oxygen atoms in total. The van der Waals surface area contributed by atoms with Gasteiger partial charge in [-0.2, -0.15) is 4.31 Å². The van der Waals surface area contributed by atoms with Crippen molar-refractivity contribution in [1.82, 2.24) is 9.03 Å². The molecule has 0 aromatic heterocycles. The molecular formula is C16H25FN2O5S2. The zero-order valence-corrected chi connectivity index (χ0v) is 17.0. The minimum absolute atomic E-state index is 0.0655. The molecule has 10 heteroatoms. The molecule has 0 aliphatic carbocycles. The molecule has 148 valence electrons. The Labute approximate surface area is 157 Å². The second kappa shape index (κ2) is 8.41. The Bertz CT molecular complexity index is 731. The van der Waals surface area contributed by atoms with Crippen LogP contribution in [0.3, 0.4) is 0 Å². The monoisotopic (exact) mass is 408 g/mol. The van der Waals surface area contributed by atoms with Gasteiger partial charge in [0.15, 0.2) is 11.6 Å². The topological polar surface area (TPSA) is 90.9 Å². The van der Waals surface area contributed by atoms with Gasteiger partial charge in [0.1, 0.15) is 4.75 Å². The zero-order valence-electron chi connectivity index (χ0n) is 15.4. The molecule has 1 saturated heterocycles. The van der Waals surface area contributed by atoms with E-state index in [4.69, 9.17) is 9.47 Å². The quantitative estimate of drug-likeness (QED) is 0.716. The number of ether oxygens (including phenoxy) is 2. The Morgan fingerprint density at radius 2 is 1.96 bits per heavy atom. The van der Waals surface area contributed by atoms with Gasteiger partial charge in [0.25, 0.3) is 0 Å². The van der Waals surface area contributed by atoms with Crippen molar-refractivity contribution in [3.8, 4) is 5.75 Å². The van der Waals surface area contributed by atoms with Crippen LogP contribution in [0.25, 0.3) is 0 Å². The molecule has 0 amide bonds. The molecule has 1 aliphatic heterocycles. The van der Waals surface area contributed by atoms with Gasteiger partial charge in [-0.1, -0.05) is 0 Å². The highest BCUT2D eigenvalue weighted by Crippen LogP contribution is 2.29. The molecule has 0 saturated carbocycles. The van der Waals surface area contributed by atoms with Crippen molar-refractivity contribution in [2.75, 3.05) is 33.4 Å². The molecule has 1 aliphatic rings. The third-order valence-corrected chi connectivity index (χ3v) is 7.41. The standard InChI is InChI=1S/C16H25FN2O5S2/c1-16(2,3)25(20)18-11-12-14(6-5-13(23-4)15(12)17)26(21,22)19-7-9-24-10-8-19/h5-6,18H,7-11H2,1-4H3. The summed E-state index contributed by atoms with van der Waals surface area (Å²) in [5, 5.41) is 0. The number of nitrogens with one attached hydrogen (secondary N) is 1. The number of rotatable bonds is 6. The van der Waals surface area contributed by atoms with Crippen molar-refractivity contribution in [3.05, 3.63) is 23.5 Å². The van der Waals surface area contributed by atoms with Crippen LogP contribution in [0.5, 0.6) is 5.75 Å². The first-order valence-corrected chi connectivity index (χ1v) is 10.8. The normalized spacial score (nSPS) is 17.9. The fourth-order valence-corrected chi connectivity index (χ4v) is 4.76. The molecule has 1 unspecified atom stereocenters. The third-order valence-electron chi connectivity index (χ3n) is 3.91. The average Bonchev–Trinajstić information content (AvgIpc) is 2.60. The number of hydrogen-bond acceptors (Lipinski definition) is 6. The number of halogens is 1. The maximum Gasteiger partial charge on any atom is 0.243 e. The van der Waals surface area contributed by atoms with Crippen LogP contribution >= 0.6 is 0 Å². The van der Waals surface area contributed by atoms with Gasteiger partial charge in [-0.05, 0) is 32.9 Å². The van der Waals surface area contributed by atoms with Gasteiger partial charge in [0.2, 0.25) is 10.0 Å². The Morgan fingerprint density at radius 1 is 1.35 bits per heavy atom. The van der Waals surface area contributed by atoms with Gasteiger partial charge in [0, 0.05) is 30.0 Å². The van der Waals surface area contributed by atoms with Gasteiger partial charge in [-0.25, -0.2) is 12.8 Å². The predicted octanol–water partition coefficient (Wildman–Crippen LogP) is 1.41. The molecule has 1 aromatic carbocycles. The van der Waals surface area contributed by atoms with Crippen LogP contribution in [0.2, 0.25) is 0 Å². The lowest BCUT2D eigenvalue weighted by molar-refractivity contribution is 0.0730. The third kappa shape index (κ3) is 4.68. The highest BCUT2D eigenvalue weighted by atomic mass is 32.2. The minimum Gasteiger partial charge on any atom is -0.598 e. The molecule has 0 spiro atoms. The molecule has 26 heavy (non-hydrogen) atoms. The number of nitrogens with zero attached hydrogens (tertiary/aromatic N) is 1. The molecule has 1 heterocycles. The maximum atomic E-state index is 14.8. The van der Waals surface area contributed by atoms with Crippen molar-refractivity contribution in [3.63, 3.8) is 0 Å². The van der Waals surface area contributed by atoms with Crippen LogP contribution in [0, 0.1) is 5.82 Å². The molecule has 1 N–H and O–H groups in total. The maximum absolute atomic E-state index is 14.8. The van der Waals surface area contributed by atoms with Crippen LogP contribution in [-0.2, 0) is 32.7 Å². The first-order valence-electron chi connectivity index (χ1n) is 8.17. The summed E-state index contributed by atoms with van der Waals surface area (Å²) >= 11 is -1.48. The summed E-state index contributed by atoms with van der Waals surface area (Å²) in [5.74, 6) is -0.843. The van der Waals surface area contributed by atoms with Crippen LogP contribution in [0.15, 0.2) is 17.0 Å². The largest absolute Gasteiger partial charge is 0.598 e. The highest BCUT2D eigenvalue weighted by Gasteiger charge is 2.32. The van der Waals surface area contributed by atoms with E-state index in [1.807, 2.05) is 0 Å². The van der Waals surface area contributed by atoms with Gasteiger partial charge >= 0.3 is 0 Å². The molecule has 0 bridgehead atoms. The molecule has 1 atom stereocenters. The van der Waals surface area contributed by atoms with Gasteiger partial charge in [-0.3, -0.25) is 0 Å². The summed E-state index contributed by atoms with van der Waals surface area (Å²) in [6.45, 7) is 6.09. The van der Waals surface area contributed by atoms with Crippen molar-refractivity contribution >= 4 is 21.4 Å². The Balaban J connectivity index is 2.41. The van der Waals surface area contributed by atoms with E-state index < -0.39 is 31.9 Å². The molecule has 0 radical (unpaired) electrons. The van der Waals surface area contributed by atoms with E-state index in [0.717, 1.165) is 0 Å². The van der Waals surface area contributed by atoms with Crippen molar-refractivity contribution in [2.24, 2.45) is 0 Å². The van der Waals surface area contributed by atoms with Gasteiger partial charge in [-0.15, -0.1) is 4.72 Å². The Hall–Kier alpha value is -0.910. The van der Waals surface area contributed by atoms with E-state index >= 15 is 0 Å². The number of methoxy groups -OCH3 is 1. The van der Waals surface area contributed by atoms with E-state index in [2.05, 4.69) is 4.72 Å². The lowest BCUT2D eigenvalue weighted by atomic mass is 10.2. The fourth-order valence-electron chi connectivity index (χ4n) is 2.43. The first kappa shape index (κ1) is 21.4. The summed E-state index contributed by atoms with van der Waals surface area (Å²) < 4.78 is 66.5. The lowest BCUT2D eigenvalue weighted by Crippen LogP contribution is -2.42. The average molecular weight is 409 g/mol. The van der Waals surface area contributed by atoms with Gasteiger partial charge in [0.05, 0.1) is 31.8 Å². The number of hydrogen-bond donors (Lipinski definition) is 1. The molecule has 2 rings (SSSR count). The van der Waals surface area contributed by atoms with Crippen LogP contribution in [0.4, 0.5) is 4.39 Å². The minimum atomic E-state index is -3.90. The zero-order chi connectivity index (χ0) is 19.5. The summed E-state index contributed by atoms with van der Waals surface area (Å²) in [4.78, 5) is -0.156. The highest BCUT2D eigenvalue weighted by molar-refractivity contribution is 7.90. The van der Waals surface area contributed by atoms with Crippen molar-refractivity contribution in [1.29, 1.82) is 0 Å². The summed E-state index contributed by atoms with van der Waals surface area (Å²) in [6, 6.07) is 2.61. The Kier molecular flexibility index (Phi) is 6.92. The number of sulfonamides is 1.